The molecule has 0 bridgehead atoms. The molecule has 2 N–H and O–H groups in total. The molecule has 2 aromatic carbocycles. The van der Waals surface area contributed by atoms with Crippen molar-refractivity contribution in [3.63, 3.8) is 0 Å². The SMILES string of the molecule is COc1cccc(CN2CCC(C(=O)NO)CC2S(=O)(=O)c2ccccc2OC)c1. The zero-order valence-corrected chi connectivity index (χ0v) is 17.8. The van der Waals surface area contributed by atoms with Crippen LogP contribution < -0.4 is 15.0 Å². The molecule has 3 rings (SSSR count). The second-order valence-corrected chi connectivity index (χ2v) is 9.24. The normalized spacial score (nSPS) is 19.8. The topological polar surface area (TPSA) is 105 Å². The zero-order valence-electron chi connectivity index (χ0n) is 16.9. The van der Waals surface area contributed by atoms with E-state index in [0.29, 0.717) is 25.3 Å². The lowest BCUT2D eigenvalue weighted by molar-refractivity contribution is -0.135. The van der Waals surface area contributed by atoms with Gasteiger partial charge in [0.15, 0.2) is 9.84 Å². The number of carbonyl (C=O) groups is 1. The third kappa shape index (κ3) is 4.58. The van der Waals surface area contributed by atoms with Crippen molar-refractivity contribution in [2.75, 3.05) is 20.8 Å². The summed E-state index contributed by atoms with van der Waals surface area (Å²) in [6.07, 6.45) is 0.505. The van der Waals surface area contributed by atoms with Crippen molar-refractivity contribution in [3.05, 3.63) is 54.1 Å². The van der Waals surface area contributed by atoms with E-state index in [0.717, 1.165) is 5.56 Å². The largest absolute Gasteiger partial charge is 0.497 e. The van der Waals surface area contributed by atoms with Crippen LogP contribution in [0, 0.1) is 5.92 Å². The maximum atomic E-state index is 13.6. The van der Waals surface area contributed by atoms with Crippen LogP contribution in [0.25, 0.3) is 0 Å². The van der Waals surface area contributed by atoms with Crippen molar-refractivity contribution in [1.82, 2.24) is 10.4 Å². The Labute approximate surface area is 176 Å². The molecule has 1 saturated heterocycles. The highest BCUT2D eigenvalue weighted by Crippen LogP contribution is 2.35. The monoisotopic (exact) mass is 434 g/mol. The zero-order chi connectivity index (χ0) is 21.7. The summed E-state index contributed by atoms with van der Waals surface area (Å²) in [5, 5.41) is 8.09. The third-order valence-corrected chi connectivity index (χ3v) is 7.55. The Morgan fingerprint density at radius 3 is 2.63 bits per heavy atom. The predicted octanol–water partition coefficient (Wildman–Crippen LogP) is 2.22. The number of rotatable bonds is 7. The molecule has 0 saturated carbocycles. The number of benzene rings is 2. The van der Waals surface area contributed by atoms with Crippen LogP contribution in [0.5, 0.6) is 11.5 Å². The Morgan fingerprint density at radius 1 is 1.17 bits per heavy atom. The molecule has 2 unspecified atom stereocenters. The van der Waals surface area contributed by atoms with Crippen molar-refractivity contribution >= 4 is 15.7 Å². The number of sulfone groups is 1. The maximum absolute atomic E-state index is 13.6. The van der Waals surface area contributed by atoms with E-state index in [2.05, 4.69) is 0 Å². The summed E-state index contributed by atoms with van der Waals surface area (Å²) in [4.78, 5) is 14.0. The number of para-hydroxylation sites is 1. The van der Waals surface area contributed by atoms with Crippen LogP contribution in [-0.4, -0.2) is 50.6 Å². The Balaban J connectivity index is 1.97. The van der Waals surface area contributed by atoms with Crippen molar-refractivity contribution in [3.8, 4) is 11.5 Å². The highest BCUT2D eigenvalue weighted by Gasteiger charge is 2.41. The summed E-state index contributed by atoms with van der Waals surface area (Å²) >= 11 is 0. The van der Waals surface area contributed by atoms with Gasteiger partial charge in [0.05, 0.1) is 14.2 Å². The fourth-order valence-electron chi connectivity index (χ4n) is 3.81. The van der Waals surface area contributed by atoms with Gasteiger partial charge >= 0.3 is 0 Å². The number of nitrogens with one attached hydrogen (secondary N) is 1. The predicted molar refractivity (Wildman–Crippen MR) is 110 cm³/mol. The van der Waals surface area contributed by atoms with Crippen molar-refractivity contribution < 1.29 is 27.9 Å². The van der Waals surface area contributed by atoms with Gasteiger partial charge in [0, 0.05) is 19.0 Å². The van der Waals surface area contributed by atoms with E-state index in [1.54, 1.807) is 30.8 Å². The molecule has 162 valence electrons. The highest BCUT2D eigenvalue weighted by molar-refractivity contribution is 7.92. The van der Waals surface area contributed by atoms with Crippen LogP contribution in [0.4, 0.5) is 0 Å². The molecule has 0 radical (unpaired) electrons. The number of nitrogens with zero attached hydrogens (tertiary/aromatic N) is 1. The van der Waals surface area contributed by atoms with E-state index >= 15 is 0 Å². The average Bonchev–Trinajstić information content (AvgIpc) is 2.78. The molecular formula is C21H26N2O6S. The van der Waals surface area contributed by atoms with Gasteiger partial charge in [-0.1, -0.05) is 24.3 Å². The van der Waals surface area contributed by atoms with Crippen LogP contribution in [0.3, 0.4) is 0 Å². The first-order valence-corrected chi connectivity index (χ1v) is 11.1. The Kier molecular flexibility index (Phi) is 6.96. The van der Waals surface area contributed by atoms with Crippen molar-refractivity contribution in [1.29, 1.82) is 0 Å². The smallest absolute Gasteiger partial charge is 0.246 e. The van der Waals surface area contributed by atoms with Crippen LogP contribution in [0.15, 0.2) is 53.4 Å². The molecule has 0 spiro atoms. The number of hydrogen-bond donors (Lipinski definition) is 2. The second-order valence-electron chi connectivity index (χ2n) is 7.17. The van der Waals surface area contributed by atoms with Gasteiger partial charge in [-0.2, -0.15) is 0 Å². The van der Waals surface area contributed by atoms with Gasteiger partial charge in [-0.25, -0.2) is 13.9 Å². The van der Waals surface area contributed by atoms with Gasteiger partial charge in [0.2, 0.25) is 5.91 Å². The Bertz CT molecular complexity index is 994. The molecule has 1 heterocycles. The number of piperidine rings is 1. The number of hydrogen-bond acceptors (Lipinski definition) is 7. The lowest BCUT2D eigenvalue weighted by Crippen LogP contribution is -2.49. The van der Waals surface area contributed by atoms with Gasteiger partial charge in [0.25, 0.3) is 0 Å². The van der Waals surface area contributed by atoms with Gasteiger partial charge in [-0.15, -0.1) is 0 Å². The second kappa shape index (κ2) is 9.46. The van der Waals surface area contributed by atoms with Crippen LogP contribution in [0.2, 0.25) is 0 Å². The number of ether oxygens (including phenoxy) is 2. The van der Waals surface area contributed by atoms with E-state index in [4.69, 9.17) is 14.7 Å². The molecule has 1 aliphatic rings. The number of hydroxylamine groups is 1. The summed E-state index contributed by atoms with van der Waals surface area (Å²) in [5.74, 6) is -0.235. The molecule has 8 nitrogen and oxygen atoms in total. The first-order chi connectivity index (χ1) is 14.4. The standard InChI is InChI=1S/C21H26N2O6S/c1-28-17-7-5-6-15(12-17)14-23-11-10-16(21(24)22-25)13-20(23)30(26,27)19-9-4-3-8-18(19)29-2/h3-9,12,16,20,25H,10-11,13-14H2,1-2H3,(H,22,24). The molecule has 9 heteroatoms. The summed E-state index contributed by atoms with van der Waals surface area (Å²) < 4.78 is 37.7. The van der Waals surface area contributed by atoms with Gasteiger partial charge in [0.1, 0.15) is 21.8 Å². The van der Waals surface area contributed by atoms with Gasteiger partial charge in [-0.05, 0) is 42.7 Å². The maximum Gasteiger partial charge on any atom is 0.246 e. The first kappa shape index (κ1) is 22.1. The third-order valence-electron chi connectivity index (χ3n) is 5.39. The summed E-state index contributed by atoms with van der Waals surface area (Å²) in [6, 6.07) is 13.9. The lowest BCUT2D eigenvalue weighted by Gasteiger charge is -2.38. The average molecular weight is 435 g/mol. The number of methoxy groups -OCH3 is 2. The number of likely N-dealkylation sites (tertiary alicyclic amines) is 1. The molecular weight excluding hydrogens is 408 g/mol. The Hall–Kier alpha value is -2.62. The lowest BCUT2D eigenvalue weighted by atomic mass is 9.95. The minimum absolute atomic E-state index is 0.0662. The summed E-state index contributed by atoms with van der Waals surface area (Å²) in [7, 11) is -0.858. The molecule has 1 amide bonds. The summed E-state index contributed by atoms with van der Waals surface area (Å²) in [5.41, 5.74) is 2.56. The molecule has 1 aliphatic heterocycles. The van der Waals surface area contributed by atoms with E-state index in [1.807, 2.05) is 29.2 Å². The molecule has 30 heavy (non-hydrogen) atoms. The highest BCUT2D eigenvalue weighted by atomic mass is 32.2. The van der Waals surface area contributed by atoms with E-state index in [9.17, 15) is 13.2 Å². The first-order valence-electron chi connectivity index (χ1n) is 9.58. The fraction of sp³-hybridized carbons (Fsp3) is 0.381. The number of amides is 1. The summed E-state index contributed by atoms with van der Waals surface area (Å²) in [6.45, 7) is 0.762. The van der Waals surface area contributed by atoms with Crippen molar-refractivity contribution in [2.24, 2.45) is 5.92 Å². The van der Waals surface area contributed by atoms with Crippen LogP contribution >= 0.6 is 0 Å². The van der Waals surface area contributed by atoms with Crippen LogP contribution in [-0.2, 0) is 21.2 Å². The molecule has 0 aromatic heterocycles. The fourth-order valence-corrected chi connectivity index (χ4v) is 5.87. The Morgan fingerprint density at radius 2 is 1.93 bits per heavy atom. The minimum Gasteiger partial charge on any atom is -0.497 e. The minimum atomic E-state index is -3.86. The van der Waals surface area contributed by atoms with Crippen molar-refractivity contribution in [2.45, 2.75) is 29.7 Å². The van der Waals surface area contributed by atoms with Gasteiger partial charge < -0.3 is 9.47 Å². The molecule has 2 atom stereocenters. The quantitative estimate of drug-likeness (QED) is 0.508. The van der Waals surface area contributed by atoms with Crippen LogP contribution in [0.1, 0.15) is 18.4 Å². The van der Waals surface area contributed by atoms with E-state index in [-0.39, 0.29) is 17.1 Å². The van der Waals surface area contributed by atoms with Gasteiger partial charge in [-0.3, -0.25) is 14.9 Å². The molecule has 2 aromatic rings. The molecule has 1 fully saturated rings. The molecule has 0 aliphatic carbocycles. The number of carbonyl (C=O) groups excluding carboxylic acids is 1. The van der Waals surface area contributed by atoms with E-state index < -0.39 is 27.0 Å². The van der Waals surface area contributed by atoms with E-state index in [1.165, 1.54) is 13.2 Å².